The molecule has 1 fully saturated rings. The van der Waals surface area contributed by atoms with Crippen molar-refractivity contribution in [2.45, 2.75) is 51.9 Å². The Morgan fingerprint density at radius 3 is 2.56 bits per heavy atom. The van der Waals surface area contributed by atoms with Gasteiger partial charge < -0.3 is 14.7 Å². The first-order chi connectivity index (χ1) is 13.0. The van der Waals surface area contributed by atoms with E-state index in [1.54, 1.807) is 29.2 Å². The summed E-state index contributed by atoms with van der Waals surface area (Å²) in [7, 11) is 0. The van der Waals surface area contributed by atoms with Crippen molar-refractivity contribution in [1.82, 2.24) is 4.90 Å². The third-order valence-corrected chi connectivity index (χ3v) is 4.88. The quantitative estimate of drug-likeness (QED) is 0.499. The highest BCUT2D eigenvalue weighted by atomic mass is 16.5. The molecule has 1 N–H and O–H groups in total. The van der Waals surface area contributed by atoms with Crippen LogP contribution in [0.4, 0.5) is 0 Å². The standard InChI is InChI=1S/C21H29NO5/c1-2-3-4-14-27-18-9-7-16(8-10-18)19(23)11-12-20(24)22-13-5-6-17(15-22)21(25)26/h7-10,17H,2-6,11-15H2,1H3,(H,25,26). The number of unbranched alkanes of at least 4 members (excludes halogenated alkanes) is 2. The van der Waals surface area contributed by atoms with Crippen molar-refractivity contribution in [2.24, 2.45) is 5.92 Å². The molecule has 1 aromatic rings. The summed E-state index contributed by atoms with van der Waals surface area (Å²) in [6, 6.07) is 7.01. The minimum Gasteiger partial charge on any atom is -0.494 e. The number of Topliss-reactive ketones (excluding diaryl/α,β-unsaturated/α-hetero) is 1. The summed E-state index contributed by atoms with van der Waals surface area (Å²) in [5, 5.41) is 9.11. The number of nitrogens with zero attached hydrogens (tertiary/aromatic N) is 1. The molecule has 1 amide bonds. The van der Waals surface area contributed by atoms with Crippen LogP contribution in [0.1, 0.15) is 62.2 Å². The Labute approximate surface area is 160 Å². The summed E-state index contributed by atoms with van der Waals surface area (Å²) in [5.74, 6) is -0.853. The van der Waals surface area contributed by atoms with Crippen LogP contribution in [0.15, 0.2) is 24.3 Å². The number of ketones is 1. The summed E-state index contributed by atoms with van der Waals surface area (Å²) < 4.78 is 5.63. The predicted molar refractivity (Wildman–Crippen MR) is 102 cm³/mol. The molecular formula is C21H29NO5. The van der Waals surface area contributed by atoms with Crippen molar-refractivity contribution in [3.8, 4) is 5.75 Å². The molecule has 2 rings (SSSR count). The van der Waals surface area contributed by atoms with Gasteiger partial charge >= 0.3 is 5.97 Å². The van der Waals surface area contributed by atoms with E-state index in [0.717, 1.165) is 25.0 Å². The zero-order chi connectivity index (χ0) is 19.6. The van der Waals surface area contributed by atoms with Gasteiger partial charge in [-0.05, 0) is 43.5 Å². The fourth-order valence-corrected chi connectivity index (χ4v) is 3.21. The Balaban J connectivity index is 1.77. The van der Waals surface area contributed by atoms with Crippen LogP contribution in [0, 0.1) is 5.92 Å². The number of ether oxygens (including phenoxy) is 1. The van der Waals surface area contributed by atoms with Gasteiger partial charge in [0, 0.05) is 31.5 Å². The fourth-order valence-electron chi connectivity index (χ4n) is 3.21. The van der Waals surface area contributed by atoms with Gasteiger partial charge in [0.25, 0.3) is 0 Å². The van der Waals surface area contributed by atoms with Crippen LogP contribution < -0.4 is 4.74 Å². The average molecular weight is 375 g/mol. The van der Waals surface area contributed by atoms with Gasteiger partial charge in [-0.1, -0.05) is 19.8 Å². The van der Waals surface area contributed by atoms with Gasteiger partial charge in [0.05, 0.1) is 12.5 Å². The molecule has 1 saturated heterocycles. The van der Waals surface area contributed by atoms with Crippen LogP contribution in [0.3, 0.4) is 0 Å². The Morgan fingerprint density at radius 2 is 1.89 bits per heavy atom. The molecule has 6 nitrogen and oxygen atoms in total. The molecule has 0 radical (unpaired) electrons. The number of carboxylic acids is 1. The number of carbonyl (C=O) groups excluding carboxylic acids is 2. The number of carbonyl (C=O) groups is 3. The summed E-state index contributed by atoms with van der Waals surface area (Å²) in [5.41, 5.74) is 0.561. The number of benzene rings is 1. The SMILES string of the molecule is CCCCCOc1ccc(C(=O)CCC(=O)N2CCCC(C(=O)O)C2)cc1. The van der Waals surface area contributed by atoms with Gasteiger partial charge in [-0.15, -0.1) is 0 Å². The number of hydrogen-bond donors (Lipinski definition) is 1. The fraction of sp³-hybridized carbons (Fsp3) is 0.571. The maximum absolute atomic E-state index is 12.3. The zero-order valence-electron chi connectivity index (χ0n) is 16.0. The highest BCUT2D eigenvalue weighted by Gasteiger charge is 2.28. The van der Waals surface area contributed by atoms with Crippen LogP contribution in [-0.4, -0.2) is 47.4 Å². The summed E-state index contributed by atoms with van der Waals surface area (Å²) in [4.78, 5) is 37.3. The van der Waals surface area contributed by atoms with E-state index < -0.39 is 11.9 Å². The summed E-state index contributed by atoms with van der Waals surface area (Å²) in [6.07, 6.45) is 4.82. The molecular weight excluding hydrogens is 346 g/mol. The molecule has 0 aromatic heterocycles. The Hall–Kier alpha value is -2.37. The number of rotatable bonds is 10. The first-order valence-corrected chi connectivity index (χ1v) is 9.78. The van der Waals surface area contributed by atoms with E-state index in [9.17, 15) is 14.4 Å². The Morgan fingerprint density at radius 1 is 1.15 bits per heavy atom. The normalized spacial score (nSPS) is 16.8. The summed E-state index contributed by atoms with van der Waals surface area (Å²) in [6.45, 7) is 3.62. The lowest BCUT2D eigenvalue weighted by Crippen LogP contribution is -2.42. The first-order valence-electron chi connectivity index (χ1n) is 9.78. The largest absolute Gasteiger partial charge is 0.494 e. The van der Waals surface area contributed by atoms with Crippen molar-refractivity contribution < 1.29 is 24.2 Å². The molecule has 6 heteroatoms. The number of aliphatic carboxylic acids is 1. The van der Waals surface area contributed by atoms with Crippen LogP contribution in [0.2, 0.25) is 0 Å². The minimum absolute atomic E-state index is 0.0901. The number of carboxylic acid groups (broad SMARTS) is 1. The average Bonchev–Trinajstić information content (AvgIpc) is 2.69. The van der Waals surface area contributed by atoms with Gasteiger partial charge in [-0.3, -0.25) is 14.4 Å². The highest BCUT2D eigenvalue weighted by molar-refractivity contribution is 5.98. The zero-order valence-corrected chi connectivity index (χ0v) is 16.0. The summed E-state index contributed by atoms with van der Waals surface area (Å²) >= 11 is 0. The molecule has 1 heterocycles. The molecule has 1 unspecified atom stereocenters. The van der Waals surface area contributed by atoms with Gasteiger partial charge in [0.15, 0.2) is 5.78 Å². The van der Waals surface area contributed by atoms with Gasteiger partial charge in [0.1, 0.15) is 5.75 Å². The van der Waals surface area contributed by atoms with Crippen LogP contribution in [0.5, 0.6) is 5.75 Å². The van der Waals surface area contributed by atoms with Gasteiger partial charge in [-0.2, -0.15) is 0 Å². The Kier molecular flexibility index (Phi) is 8.30. The third-order valence-electron chi connectivity index (χ3n) is 4.88. The molecule has 0 bridgehead atoms. The van der Waals surface area contributed by atoms with E-state index in [2.05, 4.69) is 6.92 Å². The molecule has 148 valence electrons. The lowest BCUT2D eigenvalue weighted by atomic mass is 9.97. The number of hydrogen-bond acceptors (Lipinski definition) is 4. The molecule has 0 saturated carbocycles. The highest BCUT2D eigenvalue weighted by Crippen LogP contribution is 2.19. The topological polar surface area (TPSA) is 83.9 Å². The molecule has 0 spiro atoms. The smallest absolute Gasteiger partial charge is 0.308 e. The second-order valence-corrected chi connectivity index (χ2v) is 7.02. The van der Waals surface area contributed by atoms with Crippen molar-refractivity contribution in [2.75, 3.05) is 19.7 Å². The monoisotopic (exact) mass is 375 g/mol. The van der Waals surface area contributed by atoms with E-state index in [0.29, 0.717) is 31.6 Å². The van der Waals surface area contributed by atoms with Crippen molar-refractivity contribution >= 4 is 17.7 Å². The molecule has 27 heavy (non-hydrogen) atoms. The van der Waals surface area contributed by atoms with Crippen LogP contribution >= 0.6 is 0 Å². The Bertz CT molecular complexity index is 640. The van der Waals surface area contributed by atoms with Crippen LogP contribution in [0.25, 0.3) is 0 Å². The maximum atomic E-state index is 12.3. The molecule has 1 aromatic carbocycles. The minimum atomic E-state index is -0.861. The number of likely N-dealkylation sites (tertiary alicyclic amines) is 1. The van der Waals surface area contributed by atoms with E-state index in [1.165, 1.54) is 0 Å². The molecule has 1 aliphatic heterocycles. The maximum Gasteiger partial charge on any atom is 0.308 e. The van der Waals surface area contributed by atoms with Crippen LogP contribution in [-0.2, 0) is 9.59 Å². The second-order valence-electron chi connectivity index (χ2n) is 7.02. The molecule has 1 aliphatic rings. The lowest BCUT2D eigenvalue weighted by Gasteiger charge is -2.30. The second kappa shape index (κ2) is 10.7. The third kappa shape index (κ3) is 6.70. The van der Waals surface area contributed by atoms with Crippen molar-refractivity contribution in [3.63, 3.8) is 0 Å². The van der Waals surface area contributed by atoms with E-state index in [1.807, 2.05) is 0 Å². The van der Waals surface area contributed by atoms with Crippen molar-refractivity contribution in [3.05, 3.63) is 29.8 Å². The van der Waals surface area contributed by atoms with Gasteiger partial charge in [0.2, 0.25) is 5.91 Å². The van der Waals surface area contributed by atoms with E-state index in [-0.39, 0.29) is 31.1 Å². The van der Waals surface area contributed by atoms with E-state index in [4.69, 9.17) is 9.84 Å². The lowest BCUT2D eigenvalue weighted by molar-refractivity contribution is -0.145. The first kappa shape index (κ1) is 20.9. The number of piperidine rings is 1. The molecule has 0 aliphatic carbocycles. The molecule has 1 atom stereocenters. The van der Waals surface area contributed by atoms with Crippen molar-refractivity contribution in [1.29, 1.82) is 0 Å². The van der Waals surface area contributed by atoms with E-state index >= 15 is 0 Å². The van der Waals surface area contributed by atoms with Gasteiger partial charge in [-0.25, -0.2) is 0 Å². The predicted octanol–water partition coefficient (Wildman–Crippen LogP) is 3.54. The number of amides is 1.